The molecule has 1 atom stereocenters. The van der Waals surface area contributed by atoms with Crippen LogP contribution in [0.25, 0.3) is 0 Å². The van der Waals surface area contributed by atoms with Crippen LogP contribution in [0.1, 0.15) is 44.0 Å². The number of rotatable bonds is 5. The Morgan fingerprint density at radius 3 is 2.45 bits per heavy atom. The van der Waals surface area contributed by atoms with Crippen molar-refractivity contribution in [1.82, 2.24) is 10.6 Å². The van der Waals surface area contributed by atoms with Gasteiger partial charge in [0.05, 0.1) is 6.54 Å². The van der Waals surface area contributed by atoms with Crippen molar-refractivity contribution in [3.8, 4) is 0 Å². The van der Waals surface area contributed by atoms with Crippen LogP contribution in [0.4, 0.5) is 4.79 Å². The molecule has 1 unspecified atom stereocenters. The van der Waals surface area contributed by atoms with Crippen molar-refractivity contribution >= 4 is 12.0 Å². The van der Waals surface area contributed by atoms with E-state index in [0.29, 0.717) is 18.2 Å². The van der Waals surface area contributed by atoms with Gasteiger partial charge in [-0.2, -0.15) is 0 Å². The summed E-state index contributed by atoms with van der Waals surface area (Å²) in [5.74, 6) is -0.514. The van der Waals surface area contributed by atoms with Crippen LogP contribution in [0.2, 0.25) is 0 Å². The molecule has 0 fully saturated rings. The number of urea groups is 1. The monoisotopic (exact) mass is 282 g/mol. The molecule has 0 aliphatic rings. The fourth-order valence-corrected chi connectivity index (χ4v) is 1.37. The molecule has 0 aromatic carbocycles. The van der Waals surface area contributed by atoms with Crippen LogP contribution >= 0.6 is 0 Å². The molecule has 1 heterocycles. The molecule has 1 aromatic rings. The van der Waals surface area contributed by atoms with E-state index in [1.54, 1.807) is 0 Å². The molecule has 20 heavy (non-hydrogen) atoms. The van der Waals surface area contributed by atoms with Gasteiger partial charge in [0.1, 0.15) is 5.76 Å². The molecule has 0 bridgehead atoms. The first-order valence-corrected chi connectivity index (χ1v) is 6.54. The minimum absolute atomic E-state index is 0.130. The van der Waals surface area contributed by atoms with Gasteiger partial charge in [-0.05, 0) is 23.5 Å². The predicted octanol–water partition coefficient (Wildman–Crippen LogP) is 2.46. The lowest BCUT2D eigenvalue weighted by molar-refractivity contribution is 0.0660. The quantitative estimate of drug-likeness (QED) is 0.773. The number of hydrogen-bond acceptors (Lipinski definition) is 3. The van der Waals surface area contributed by atoms with E-state index >= 15 is 0 Å². The molecule has 0 aliphatic carbocycles. The van der Waals surface area contributed by atoms with E-state index in [9.17, 15) is 9.59 Å². The molecule has 112 valence electrons. The second kappa shape index (κ2) is 6.45. The smallest absolute Gasteiger partial charge is 0.371 e. The van der Waals surface area contributed by atoms with Gasteiger partial charge in [-0.15, -0.1) is 0 Å². The van der Waals surface area contributed by atoms with E-state index in [4.69, 9.17) is 9.52 Å². The first kappa shape index (κ1) is 16.1. The van der Waals surface area contributed by atoms with E-state index in [2.05, 4.69) is 38.3 Å². The fraction of sp³-hybridized carbons (Fsp3) is 0.571. The lowest BCUT2D eigenvalue weighted by Crippen LogP contribution is -2.39. The van der Waals surface area contributed by atoms with Gasteiger partial charge in [0.2, 0.25) is 5.76 Å². The molecule has 0 radical (unpaired) electrons. The molecule has 0 saturated carbocycles. The maximum atomic E-state index is 11.6. The third kappa shape index (κ3) is 4.95. The lowest BCUT2D eigenvalue weighted by Gasteiger charge is -2.27. The average Bonchev–Trinajstić information content (AvgIpc) is 2.81. The van der Waals surface area contributed by atoms with Crippen LogP contribution in [0.5, 0.6) is 0 Å². The van der Waals surface area contributed by atoms with Crippen molar-refractivity contribution in [2.45, 2.75) is 34.2 Å². The fourth-order valence-electron chi connectivity index (χ4n) is 1.37. The highest BCUT2D eigenvalue weighted by Crippen LogP contribution is 2.24. The number of carbonyl (C=O) groups excluding carboxylic acids is 1. The molecule has 0 saturated heterocycles. The Hall–Kier alpha value is -1.98. The lowest BCUT2D eigenvalue weighted by atomic mass is 9.82. The summed E-state index contributed by atoms with van der Waals surface area (Å²) in [6, 6.07) is 2.59. The zero-order valence-electron chi connectivity index (χ0n) is 12.3. The molecule has 1 rings (SSSR count). The van der Waals surface area contributed by atoms with Crippen LogP contribution in [-0.4, -0.2) is 23.7 Å². The van der Waals surface area contributed by atoms with E-state index in [-0.39, 0.29) is 23.8 Å². The second-order valence-electron chi connectivity index (χ2n) is 5.90. The molecule has 0 spiro atoms. The molecule has 3 N–H and O–H groups in total. The van der Waals surface area contributed by atoms with Crippen molar-refractivity contribution in [2.75, 3.05) is 6.54 Å². The number of nitrogens with one attached hydrogen (secondary N) is 2. The third-order valence-corrected chi connectivity index (χ3v) is 3.34. The molecule has 6 heteroatoms. The van der Waals surface area contributed by atoms with E-state index in [1.165, 1.54) is 12.1 Å². The van der Waals surface area contributed by atoms with Crippen molar-refractivity contribution in [3.63, 3.8) is 0 Å². The first-order chi connectivity index (χ1) is 9.20. The summed E-state index contributed by atoms with van der Waals surface area (Å²) >= 11 is 0. The topological polar surface area (TPSA) is 91.6 Å². The summed E-state index contributed by atoms with van der Waals surface area (Å²) < 4.78 is 5.03. The highest BCUT2D eigenvalue weighted by Gasteiger charge is 2.20. The molecular weight excluding hydrogens is 260 g/mol. The van der Waals surface area contributed by atoms with Crippen molar-refractivity contribution in [3.05, 3.63) is 23.7 Å². The maximum Gasteiger partial charge on any atom is 0.371 e. The van der Waals surface area contributed by atoms with Gasteiger partial charge in [-0.25, -0.2) is 9.59 Å². The molecule has 6 nitrogen and oxygen atoms in total. The van der Waals surface area contributed by atoms with Gasteiger partial charge >= 0.3 is 12.0 Å². The van der Waals surface area contributed by atoms with Crippen molar-refractivity contribution < 1.29 is 19.1 Å². The summed E-state index contributed by atoms with van der Waals surface area (Å²) in [5.41, 5.74) is 0.130. The number of furan rings is 1. The maximum absolute atomic E-state index is 11.6. The molecule has 0 aliphatic heterocycles. The highest BCUT2D eigenvalue weighted by atomic mass is 16.4. The van der Waals surface area contributed by atoms with Crippen LogP contribution in [0, 0.1) is 11.3 Å². The third-order valence-electron chi connectivity index (χ3n) is 3.34. The summed E-state index contributed by atoms with van der Waals surface area (Å²) in [4.78, 5) is 22.2. The number of carbonyl (C=O) groups is 2. The first-order valence-electron chi connectivity index (χ1n) is 6.54. The zero-order chi connectivity index (χ0) is 15.3. The van der Waals surface area contributed by atoms with Crippen molar-refractivity contribution in [2.24, 2.45) is 11.3 Å². The molecule has 2 amide bonds. The second-order valence-corrected chi connectivity index (χ2v) is 5.90. The Labute approximate surface area is 118 Å². The summed E-state index contributed by atoms with van der Waals surface area (Å²) in [6.45, 7) is 9.16. The summed E-state index contributed by atoms with van der Waals surface area (Å²) in [7, 11) is 0. The standard InChI is InChI=1S/C14H22N2O4/c1-9(14(2,3)4)7-15-13(19)16-8-10-5-6-11(20-10)12(17)18/h5-6,9H,7-8H2,1-4H3,(H,17,18)(H2,15,16,19). The predicted molar refractivity (Wildman–Crippen MR) is 74.5 cm³/mol. The summed E-state index contributed by atoms with van der Waals surface area (Å²) in [5, 5.41) is 14.1. The number of amides is 2. The Morgan fingerprint density at radius 1 is 1.30 bits per heavy atom. The van der Waals surface area contributed by atoms with Gasteiger partial charge in [-0.3, -0.25) is 0 Å². The van der Waals surface area contributed by atoms with E-state index in [1.807, 2.05) is 0 Å². The Balaban J connectivity index is 2.34. The van der Waals surface area contributed by atoms with Gasteiger partial charge in [0, 0.05) is 6.54 Å². The zero-order valence-corrected chi connectivity index (χ0v) is 12.3. The van der Waals surface area contributed by atoms with E-state index in [0.717, 1.165) is 0 Å². The largest absolute Gasteiger partial charge is 0.475 e. The Bertz CT molecular complexity index is 474. The summed E-state index contributed by atoms with van der Waals surface area (Å²) in [6.07, 6.45) is 0. The van der Waals surface area contributed by atoms with Gasteiger partial charge in [0.15, 0.2) is 0 Å². The van der Waals surface area contributed by atoms with Gasteiger partial charge in [0.25, 0.3) is 0 Å². The number of hydrogen-bond donors (Lipinski definition) is 3. The van der Waals surface area contributed by atoms with E-state index < -0.39 is 5.97 Å². The normalized spacial score (nSPS) is 12.8. The Kier molecular flexibility index (Phi) is 5.19. The van der Waals surface area contributed by atoms with Crippen LogP contribution in [0.15, 0.2) is 16.5 Å². The number of carboxylic acids is 1. The number of aromatic carboxylic acids is 1. The molecule has 1 aromatic heterocycles. The molecular formula is C14H22N2O4. The van der Waals surface area contributed by atoms with Gasteiger partial charge in [-0.1, -0.05) is 27.7 Å². The van der Waals surface area contributed by atoms with Crippen LogP contribution in [-0.2, 0) is 6.54 Å². The highest BCUT2D eigenvalue weighted by molar-refractivity contribution is 5.84. The van der Waals surface area contributed by atoms with Gasteiger partial charge < -0.3 is 20.2 Å². The van der Waals surface area contributed by atoms with Crippen LogP contribution in [0.3, 0.4) is 0 Å². The van der Waals surface area contributed by atoms with Crippen molar-refractivity contribution in [1.29, 1.82) is 0 Å². The van der Waals surface area contributed by atoms with Crippen LogP contribution < -0.4 is 10.6 Å². The SMILES string of the molecule is CC(CNC(=O)NCc1ccc(C(=O)O)o1)C(C)(C)C. The minimum atomic E-state index is -1.13. The average molecular weight is 282 g/mol. The number of carboxylic acid groups (broad SMARTS) is 1. The minimum Gasteiger partial charge on any atom is -0.475 e. The Morgan fingerprint density at radius 2 is 1.95 bits per heavy atom.